The van der Waals surface area contributed by atoms with Crippen LogP contribution >= 0.6 is 0 Å². The molecular formula is C15H30N2O3S. The summed E-state index contributed by atoms with van der Waals surface area (Å²) in [6.45, 7) is 6.01. The SMILES string of the molecule is CC(C)(CCN)CCC(=O)CC1CCCN(S(C)(=O)=O)C1. The summed E-state index contributed by atoms with van der Waals surface area (Å²) in [7, 11) is -3.13. The van der Waals surface area contributed by atoms with Crippen LogP contribution in [-0.2, 0) is 14.8 Å². The van der Waals surface area contributed by atoms with Gasteiger partial charge in [0.1, 0.15) is 5.78 Å². The summed E-state index contributed by atoms with van der Waals surface area (Å²) in [6, 6.07) is 0. The molecule has 6 heteroatoms. The first kappa shape index (κ1) is 18.6. The lowest BCUT2D eigenvalue weighted by molar-refractivity contribution is -0.120. The van der Waals surface area contributed by atoms with Crippen molar-refractivity contribution >= 4 is 15.8 Å². The largest absolute Gasteiger partial charge is 0.330 e. The Morgan fingerprint density at radius 2 is 2.00 bits per heavy atom. The van der Waals surface area contributed by atoms with E-state index in [1.807, 2.05) is 0 Å². The number of hydrogen-bond donors (Lipinski definition) is 1. The molecule has 1 atom stereocenters. The van der Waals surface area contributed by atoms with Crippen LogP contribution in [0, 0.1) is 11.3 Å². The third-order valence-corrected chi connectivity index (χ3v) is 5.64. The number of nitrogens with two attached hydrogens (primary N) is 1. The second kappa shape index (κ2) is 7.70. The third kappa shape index (κ3) is 6.89. The zero-order valence-electron chi connectivity index (χ0n) is 13.6. The van der Waals surface area contributed by atoms with Crippen LogP contribution in [0.3, 0.4) is 0 Å². The maximum absolute atomic E-state index is 12.1. The Balaban J connectivity index is 2.41. The summed E-state index contributed by atoms with van der Waals surface area (Å²) in [6.07, 6.45) is 5.89. The first-order valence-corrected chi connectivity index (χ1v) is 9.66. The smallest absolute Gasteiger partial charge is 0.211 e. The molecule has 2 N–H and O–H groups in total. The predicted molar refractivity (Wildman–Crippen MR) is 85.5 cm³/mol. The maximum atomic E-state index is 12.1. The molecule has 0 aliphatic carbocycles. The standard InChI is InChI=1S/C15H30N2O3S/c1-15(2,8-9-16)7-6-14(18)11-13-5-4-10-17(12-13)21(3,19)20/h13H,4-12,16H2,1-3H3. The average molecular weight is 318 g/mol. The highest BCUT2D eigenvalue weighted by molar-refractivity contribution is 7.88. The number of carbonyl (C=O) groups excluding carboxylic acids is 1. The van der Waals surface area contributed by atoms with E-state index in [-0.39, 0.29) is 17.1 Å². The highest BCUT2D eigenvalue weighted by Crippen LogP contribution is 2.28. The predicted octanol–water partition coefficient (Wildman–Crippen LogP) is 1.77. The van der Waals surface area contributed by atoms with E-state index in [0.29, 0.717) is 32.5 Å². The molecule has 1 saturated heterocycles. The van der Waals surface area contributed by atoms with Crippen molar-refractivity contribution in [2.24, 2.45) is 17.1 Å². The van der Waals surface area contributed by atoms with E-state index in [1.54, 1.807) is 0 Å². The Morgan fingerprint density at radius 3 is 2.57 bits per heavy atom. The Bertz CT molecular complexity index is 446. The summed E-state index contributed by atoms with van der Waals surface area (Å²) in [5, 5.41) is 0. The lowest BCUT2D eigenvalue weighted by Gasteiger charge is -2.31. The fraction of sp³-hybridized carbons (Fsp3) is 0.933. The minimum atomic E-state index is -3.13. The van der Waals surface area contributed by atoms with Crippen LogP contribution in [0.15, 0.2) is 0 Å². The Hall–Kier alpha value is -0.460. The maximum Gasteiger partial charge on any atom is 0.211 e. The molecule has 0 radical (unpaired) electrons. The highest BCUT2D eigenvalue weighted by Gasteiger charge is 2.27. The molecule has 0 spiro atoms. The monoisotopic (exact) mass is 318 g/mol. The highest BCUT2D eigenvalue weighted by atomic mass is 32.2. The van der Waals surface area contributed by atoms with E-state index in [4.69, 9.17) is 5.73 Å². The van der Waals surface area contributed by atoms with Crippen LogP contribution in [0.1, 0.15) is 52.4 Å². The molecule has 1 unspecified atom stereocenters. The Morgan fingerprint density at radius 1 is 1.33 bits per heavy atom. The van der Waals surface area contributed by atoms with E-state index >= 15 is 0 Å². The van der Waals surface area contributed by atoms with E-state index in [9.17, 15) is 13.2 Å². The summed E-state index contributed by atoms with van der Waals surface area (Å²) >= 11 is 0. The van der Waals surface area contributed by atoms with Gasteiger partial charge in [-0.25, -0.2) is 12.7 Å². The molecule has 1 fully saturated rings. The molecular weight excluding hydrogens is 288 g/mol. The van der Waals surface area contributed by atoms with E-state index < -0.39 is 10.0 Å². The summed E-state index contributed by atoms with van der Waals surface area (Å²) in [4.78, 5) is 12.1. The van der Waals surface area contributed by atoms with Crippen LogP contribution < -0.4 is 5.73 Å². The van der Waals surface area contributed by atoms with Gasteiger partial charge in [-0.05, 0) is 43.6 Å². The molecule has 0 bridgehead atoms. The van der Waals surface area contributed by atoms with E-state index in [0.717, 1.165) is 25.7 Å². The second-order valence-electron chi connectivity index (χ2n) is 7.07. The fourth-order valence-corrected chi connectivity index (χ4v) is 3.85. The molecule has 1 aliphatic heterocycles. The molecule has 1 heterocycles. The van der Waals surface area contributed by atoms with Gasteiger partial charge in [0.05, 0.1) is 6.26 Å². The van der Waals surface area contributed by atoms with Crippen LogP contribution in [0.2, 0.25) is 0 Å². The van der Waals surface area contributed by atoms with Gasteiger partial charge in [-0.15, -0.1) is 0 Å². The molecule has 1 rings (SSSR count). The summed E-state index contributed by atoms with van der Waals surface area (Å²) in [5.41, 5.74) is 5.69. The topological polar surface area (TPSA) is 80.5 Å². The van der Waals surface area contributed by atoms with Gasteiger partial charge in [-0.1, -0.05) is 13.8 Å². The number of nitrogens with zero attached hydrogens (tertiary/aromatic N) is 1. The van der Waals surface area contributed by atoms with Crippen LogP contribution in [0.4, 0.5) is 0 Å². The van der Waals surface area contributed by atoms with Crippen molar-refractivity contribution in [1.82, 2.24) is 4.31 Å². The molecule has 124 valence electrons. The van der Waals surface area contributed by atoms with Gasteiger partial charge in [-0.2, -0.15) is 0 Å². The quantitative estimate of drug-likeness (QED) is 0.739. The van der Waals surface area contributed by atoms with Gasteiger partial charge in [0.15, 0.2) is 0 Å². The zero-order valence-corrected chi connectivity index (χ0v) is 14.4. The van der Waals surface area contributed by atoms with Crippen molar-refractivity contribution in [1.29, 1.82) is 0 Å². The molecule has 1 aliphatic rings. The summed E-state index contributed by atoms with van der Waals surface area (Å²) < 4.78 is 24.7. The van der Waals surface area contributed by atoms with Crippen molar-refractivity contribution < 1.29 is 13.2 Å². The van der Waals surface area contributed by atoms with Gasteiger partial charge in [0, 0.05) is 25.9 Å². The van der Waals surface area contributed by atoms with Crippen LogP contribution in [0.5, 0.6) is 0 Å². The normalized spacial score (nSPS) is 21.4. The van der Waals surface area contributed by atoms with Crippen molar-refractivity contribution in [3.05, 3.63) is 0 Å². The van der Waals surface area contributed by atoms with E-state index in [2.05, 4.69) is 13.8 Å². The number of ketones is 1. The van der Waals surface area contributed by atoms with Gasteiger partial charge in [0.2, 0.25) is 10.0 Å². The number of sulfonamides is 1. The lowest BCUT2D eigenvalue weighted by atomic mass is 9.82. The van der Waals surface area contributed by atoms with Crippen molar-refractivity contribution in [2.45, 2.75) is 52.4 Å². The molecule has 0 aromatic heterocycles. The fourth-order valence-electron chi connectivity index (χ4n) is 2.91. The van der Waals surface area contributed by atoms with Gasteiger partial charge >= 0.3 is 0 Å². The van der Waals surface area contributed by atoms with Crippen molar-refractivity contribution in [2.75, 3.05) is 25.9 Å². The average Bonchev–Trinajstić information content (AvgIpc) is 2.36. The number of hydrogen-bond acceptors (Lipinski definition) is 4. The molecule has 5 nitrogen and oxygen atoms in total. The minimum absolute atomic E-state index is 0.107. The minimum Gasteiger partial charge on any atom is -0.330 e. The molecule has 0 amide bonds. The van der Waals surface area contributed by atoms with Gasteiger partial charge in [0.25, 0.3) is 0 Å². The van der Waals surface area contributed by atoms with Crippen molar-refractivity contribution in [3.8, 4) is 0 Å². The Labute approximate surface area is 129 Å². The number of piperidine rings is 1. The van der Waals surface area contributed by atoms with Crippen molar-refractivity contribution in [3.63, 3.8) is 0 Å². The molecule has 0 aromatic carbocycles. The van der Waals surface area contributed by atoms with Crippen LogP contribution in [-0.4, -0.2) is 44.4 Å². The first-order valence-electron chi connectivity index (χ1n) is 7.81. The lowest BCUT2D eigenvalue weighted by Crippen LogP contribution is -2.39. The number of Topliss-reactive ketones (excluding diaryl/α,β-unsaturated/α-hetero) is 1. The Kier molecular flexibility index (Phi) is 6.81. The number of carbonyl (C=O) groups is 1. The first-order chi connectivity index (χ1) is 9.64. The summed E-state index contributed by atoms with van der Waals surface area (Å²) in [5.74, 6) is 0.430. The van der Waals surface area contributed by atoms with Crippen LogP contribution in [0.25, 0.3) is 0 Å². The molecule has 0 aromatic rings. The number of rotatable bonds is 8. The molecule has 21 heavy (non-hydrogen) atoms. The second-order valence-corrected chi connectivity index (χ2v) is 9.06. The molecule has 0 saturated carbocycles. The zero-order chi connectivity index (χ0) is 16.1. The third-order valence-electron chi connectivity index (χ3n) is 4.37. The van der Waals surface area contributed by atoms with Gasteiger partial charge in [-0.3, -0.25) is 4.79 Å². The van der Waals surface area contributed by atoms with E-state index in [1.165, 1.54) is 10.6 Å². The van der Waals surface area contributed by atoms with Gasteiger partial charge < -0.3 is 5.73 Å².